The van der Waals surface area contributed by atoms with Crippen molar-refractivity contribution in [3.05, 3.63) is 12.2 Å². The molecule has 1 heteroatoms. The molecule has 62 valence electrons. The zero-order valence-electron chi connectivity index (χ0n) is 6.85. The predicted octanol–water partition coefficient (Wildman–Crippen LogP) is 3.36. The Morgan fingerprint density at radius 2 is 2.00 bits per heavy atom. The summed E-state index contributed by atoms with van der Waals surface area (Å²) in [7, 11) is 0. The van der Waals surface area contributed by atoms with Gasteiger partial charge in [0.05, 0.1) is 5.38 Å². The Hall–Kier alpha value is 0.0300. The van der Waals surface area contributed by atoms with Crippen LogP contribution in [0, 0.1) is 11.8 Å². The number of alkyl halides is 1. The molecule has 2 saturated carbocycles. The number of rotatable bonds is 0. The van der Waals surface area contributed by atoms with Crippen LogP contribution in [0.5, 0.6) is 0 Å². The fraction of sp³-hybridized carbons (Fsp3) is 0.800. The molecule has 3 unspecified atom stereocenters. The van der Waals surface area contributed by atoms with Gasteiger partial charge in [-0.15, -0.1) is 11.6 Å². The van der Waals surface area contributed by atoms with Gasteiger partial charge >= 0.3 is 0 Å². The van der Waals surface area contributed by atoms with Crippen molar-refractivity contribution in [1.29, 1.82) is 0 Å². The van der Waals surface area contributed by atoms with Gasteiger partial charge < -0.3 is 0 Å². The maximum Gasteiger partial charge on any atom is 0.0545 e. The highest BCUT2D eigenvalue weighted by atomic mass is 35.5. The molecule has 0 aromatic rings. The Labute approximate surface area is 73.6 Å². The highest BCUT2D eigenvalue weighted by Crippen LogP contribution is 2.45. The van der Waals surface area contributed by atoms with Gasteiger partial charge in [-0.25, -0.2) is 0 Å². The van der Waals surface area contributed by atoms with Crippen LogP contribution in [-0.2, 0) is 0 Å². The highest BCUT2D eigenvalue weighted by molar-refractivity contribution is 6.22. The first-order chi connectivity index (χ1) is 5.27. The molecule has 0 amide bonds. The molecule has 2 aliphatic carbocycles. The Bertz CT molecular complexity index is 174. The Morgan fingerprint density at radius 3 is 2.82 bits per heavy atom. The average molecular weight is 171 g/mol. The van der Waals surface area contributed by atoms with E-state index in [0.29, 0.717) is 0 Å². The number of hydrogen-bond donors (Lipinski definition) is 0. The summed E-state index contributed by atoms with van der Waals surface area (Å²) in [5.41, 5.74) is 1.29. The standard InChI is InChI=1S/C10H15Cl/c1-7-5-8-3-2-4-9(8)6-10(7)11/h8-10H,1-6H2. The van der Waals surface area contributed by atoms with Gasteiger partial charge in [0.1, 0.15) is 0 Å². The van der Waals surface area contributed by atoms with Crippen molar-refractivity contribution in [3.63, 3.8) is 0 Å². The van der Waals surface area contributed by atoms with E-state index in [-0.39, 0.29) is 5.38 Å². The van der Waals surface area contributed by atoms with Gasteiger partial charge in [-0.2, -0.15) is 0 Å². The van der Waals surface area contributed by atoms with E-state index < -0.39 is 0 Å². The van der Waals surface area contributed by atoms with Crippen molar-refractivity contribution in [2.75, 3.05) is 0 Å². The molecule has 0 aromatic heterocycles. The monoisotopic (exact) mass is 170 g/mol. The largest absolute Gasteiger partial charge is 0.118 e. The lowest BCUT2D eigenvalue weighted by molar-refractivity contribution is 0.327. The zero-order chi connectivity index (χ0) is 7.84. The smallest absolute Gasteiger partial charge is 0.0545 e. The Morgan fingerprint density at radius 1 is 1.27 bits per heavy atom. The number of hydrogen-bond acceptors (Lipinski definition) is 0. The minimum atomic E-state index is 0.286. The maximum atomic E-state index is 6.13. The second kappa shape index (κ2) is 2.82. The van der Waals surface area contributed by atoms with E-state index in [2.05, 4.69) is 6.58 Å². The molecular formula is C10H15Cl. The van der Waals surface area contributed by atoms with Crippen LogP contribution in [0.15, 0.2) is 12.2 Å². The van der Waals surface area contributed by atoms with Crippen LogP contribution in [0.4, 0.5) is 0 Å². The van der Waals surface area contributed by atoms with Gasteiger partial charge in [0.2, 0.25) is 0 Å². The molecule has 0 bridgehead atoms. The summed E-state index contributed by atoms with van der Waals surface area (Å²) in [6, 6.07) is 0. The molecule has 0 saturated heterocycles. The number of fused-ring (bicyclic) bond motifs is 1. The molecule has 2 rings (SSSR count). The van der Waals surface area contributed by atoms with Gasteiger partial charge in [-0.05, 0) is 31.1 Å². The molecule has 0 N–H and O–H groups in total. The molecule has 2 aliphatic rings. The lowest BCUT2D eigenvalue weighted by atomic mass is 9.79. The topological polar surface area (TPSA) is 0 Å². The van der Waals surface area contributed by atoms with E-state index in [1.807, 2.05) is 0 Å². The molecule has 0 spiro atoms. The first-order valence-corrected chi connectivity index (χ1v) is 5.03. The quantitative estimate of drug-likeness (QED) is 0.386. The van der Waals surface area contributed by atoms with E-state index in [1.54, 1.807) is 0 Å². The minimum Gasteiger partial charge on any atom is -0.118 e. The number of halogens is 1. The molecule has 0 aromatic carbocycles. The third kappa shape index (κ3) is 1.33. The second-order valence-corrected chi connectivity index (χ2v) is 4.54. The van der Waals surface area contributed by atoms with Crippen molar-refractivity contribution >= 4 is 11.6 Å². The minimum absolute atomic E-state index is 0.286. The van der Waals surface area contributed by atoms with Crippen LogP contribution >= 0.6 is 11.6 Å². The lowest BCUT2D eigenvalue weighted by Gasteiger charge is -2.30. The number of allylic oxidation sites excluding steroid dienone is 1. The van der Waals surface area contributed by atoms with Gasteiger partial charge in [0.25, 0.3) is 0 Å². The first-order valence-electron chi connectivity index (χ1n) is 4.59. The molecule has 0 aliphatic heterocycles. The maximum absolute atomic E-state index is 6.13. The van der Waals surface area contributed by atoms with Crippen molar-refractivity contribution < 1.29 is 0 Å². The zero-order valence-corrected chi connectivity index (χ0v) is 7.61. The van der Waals surface area contributed by atoms with E-state index in [1.165, 1.54) is 37.7 Å². The van der Waals surface area contributed by atoms with Crippen LogP contribution in [0.1, 0.15) is 32.1 Å². The Kier molecular flexibility index (Phi) is 1.97. The van der Waals surface area contributed by atoms with E-state index in [0.717, 1.165) is 11.8 Å². The van der Waals surface area contributed by atoms with Gasteiger partial charge in [0.15, 0.2) is 0 Å². The molecular weight excluding hydrogens is 156 g/mol. The molecule has 0 nitrogen and oxygen atoms in total. The fourth-order valence-corrected chi connectivity index (χ4v) is 2.91. The van der Waals surface area contributed by atoms with E-state index in [4.69, 9.17) is 11.6 Å². The van der Waals surface area contributed by atoms with Crippen LogP contribution < -0.4 is 0 Å². The van der Waals surface area contributed by atoms with Gasteiger partial charge in [0, 0.05) is 0 Å². The average Bonchev–Trinajstić information content (AvgIpc) is 2.36. The van der Waals surface area contributed by atoms with Crippen molar-refractivity contribution in [3.8, 4) is 0 Å². The van der Waals surface area contributed by atoms with Crippen molar-refractivity contribution in [1.82, 2.24) is 0 Å². The Balaban J connectivity index is 2.06. The fourth-order valence-electron chi connectivity index (χ4n) is 2.59. The molecule has 0 heterocycles. The van der Waals surface area contributed by atoms with Crippen molar-refractivity contribution in [2.24, 2.45) is 11.8 Å². The third-order valence-electron chi connectivity index (χ3n) is 3.29. The van der Waals surface area contributed by atoms with E-state index in [9.17, 15) is 0 Å². The summed E-state index contributed by atoms with van der Waals surface area (Å²) in [6.07, 6.45) is 6.67. The second-order valence-electron chi connectivity index (χ2n) is 4.02. The van der Waals surface area contributed by atoms with Gasteiger partial charge in [-0.3, -0.25) is 0 Å². The summed E-state index contributed by atoms with van der Waals surface area (Å²) >= 11 is 6.13. The summed E-state index contributed by atoms with van der Waals surface area (Å²) < 4.78 is 0. The third-order valence-corrected chi connectivity index (χ3v) is 3.78. The molecule has 3 atom stereocenters. The lowest BCUT2D eigenvalue weighted by Crippen LogP contribution is -2.22. The van der Waals surface area contributed by atoms with Gasteiger partial charge in [-0.1, -0.05) is 25.0 Å². The van der Waals surface area contributed by atoms with Crippen LogP contribution in [0.25, 0.3) is 0 Å². The molecule has 11 heavy (non-hydrogen) atoms. The van der Waals surface area contributed by atoms with E-state index >= 15 is 0 Å². The normalized spacial score (nSPS) is 44.1. The predicted molar refractivity (Wildman–Crippen MR) is 48.8 cm³/mol. The first kappa shape index (κ1) is 7.67. The molecule has 0 radical (unpaired) electrons. The molecule has 2 fully saturated rings. The SMILES string of the molecule is C=C1CC2CCCC2CC1Cl. The van der Waals surface area contributed by atoms with Crippen molar-refractivity contribution in [2.45, 2.75) is 37.5 Å². The summed E-state index contributed by atoms with van der Waals surface area (Å²) in [4.78, 5) is 0. The van der Waals surface area contributed by atoms with Crippen LogP contribution in [0.3, 0.4) is 0 Å². The van der Waals surface area contributed by atoms with Crippen LogP contribution in [0.2, 0.25) is 0 Å². The van der Waals surface area contributed by atoms with Crippen LogP contribution in [-0.4, -0.2) is 5.38 Å². The summed E-state index contributed by atoms with van der Waals surface area (Å²) in [6.45, 7) is 4.02. The summed E-state index contributed by atoms with van der Waals surface area (Å²) in [5.74, 6) is 1.88. The summed E-state index contributed by atoms with van der Waals surface area (Å²) in [5, 5.41) is 0.286. The highest BCUT2D eigenvalue weighted by Gasteiger charge is 2.34.